The largest absolute Gasteiger partial charge is 0.328 e. The molecule has 1 fully saturated rings. The van der Waals surface area contributed by atoms with Gasteiger partial charge in [-0.25, -0.2) is 4.79 Å². The molecule has 0 aromatic rings. The van der Waals surface area contributed by atoms with Gasteiger partial charge in [0.25, 0.3) is 0 Å². The van der Waals surface area contributed by atoms with Crippen LogP contribution in [0.25, 0.3) is 0 Å². The van der Waals surface area contributed by atoms with Crippen LogP contribution in [0.4, 0.5) is 4.79 Å². The van der Waals surface area contributed by atoms with E-state index < -0.39 is 17.8 Å². The second-order valence-corrected chi connectivity index (χ2v) is 5.58. The van der Waals surface area contributed by atoms with Crippen LogP contribution in [0.2, 0.25) is 0 Å². The molecule has 1 aliphatic heterocycles. The van der Waals surface area contributed by atoms with Gasteiger partial charge in [0.05, 0.1) is 0 Å². The molecule has 0 radical (unpaired) electrons. The first-order chi connectivity index (χ1) is 8.68. The highest BCUT2D eigenvalue weighted by Crippen LogP contribution is 2.32. The van der Waals surface area contributed by atoms with Gasteiger partial charge in [-0.05, 0) is 24.8 Å². The van der Waals surface area contributed by atoms with Crippen LogP contribution < -0.4 is 10.6 Å². The molecule has 6 nitrogen and oxygen atoms in total. The summed E-state index contributed by atoms with van der Waals surface area (Å²) in [6.07, 6.45) is 3.29. The third-order valence-corrected chi connectivity index (χ3v) is 2.64. The van der Waals surface area contributed by atoms with E-state index in [1.807, 2.05) is 17.6 Å². The van der Waals surface area contributed by atoms with E-state index in [1.54, 1.807) is 6.08 Å². The molecule has 2 N–H and O–H groups in total. The quantitative estimate of drug-likeness (QED) is 0.641. The molecule has 0 aromatic heterocycles. The summed E-state index contributed by atoms with van der Waals surface area (Å²) < 4.78 is 0. The van der Waals surface area contributed by atoms with Crippen molar-refractivity contribution in [3.05, 3.63) is 11.6 Å². The van der Waals surface area contributed by atoms with Crippen molar-refractivity contribution in [3.8, 4) is 0 Å². The van der Waals surface area contributed by atoms with E-state index in [0.29, 0.717) is 6.42 Å². The number of barbiturate groups is 1. The number of amides is 4. The Hall–Kier alpha value is -1.98. The Kier molecular flexibility index (Phi) is 4.58. The van der Waals surface area contributed by atoms with Crippen molar-refractivity contribution >= 4 is 23.6 Å². The van der Waals surface area contributed by atoms with Crippen molar-refractivity contribution < 1.29 is 19.2 Å². The molecule has 0 bridgehead atoms. The van der Waals surface area contributed by atoms with Crippen LogP contribution in [-0.4, -0.2) is 23.6 Å². The minimum Gasteiger partial charge on any atom is -0.295 e. The first-order valence-electron chi connectivity index (χ1n) is 6.02. The van der Waals surface area contributed by atoms with E-state index in [9.17, 15) is 19.2 Å². The van der Waals surface area contributed by atoms with Crippen molar-refractivity contribution in [3.63, 3.8) is 0 Å². The number of carbonyl (C=O) groups excluding carboxylic acids is 4. The van der Waals surface area contributed by atoms with Crippen LogP contribution in [0.1, 0.15) is 40.0 Å². The predicted molar refractivity (Wildman–Crippen MR) is 68.1 cm³/mol. The van der Waals surface area contributed by atoms with Gasteiger partial charge in [0, 0.05) is 6.42 Å². The molecule has 104 valence electrons. The second-order valence-electron chi connectivity index (χ2n) is 5.58. The van der Waals surface area contributed by atoms with Crippen LogP contribution in [-0.2, 0) is 14.4 Å². The lowest BCUT2D eigenvalue weighted by Crippen LogP contribution is -2.49. The molecule has 1 aliphatic carbocycles. The first kappa shape index (κ1) is 15.1. The molecule has 1 heterocycles. The van der Waals surface area contributed by atoms with Crippen molar-refractivity contribution in [2.24, 2.45) is 5.41 Å². The molecule has 19 heavy (non-hydrogen) atoms. The molecule has 0 unspecified atom stereocenters. The second kappa shape index (κ2) is 5.77. The van der Waals surface area contributed by atoms with Crippen LogP contribution in [0.3, 0.4) is 0 Å². The van der Waals surface area contributed by atoms with E-state index in [1.165, 1.54) is 5.57 Å². The summed E-state index contributed by atoms with van der Waals surface area (Å²) in [5.74, 6) is -0.818. The summed E-state index contributed by atoms with van der Waals surface area (Å²) in [7, 11) is 0. The number of allylic oxidation sites excluding steroid dienone is 2. The maximum Gasteiger partial charge on any atom is 0.328 e. The number of imide groups is 2. The SMILES string of the molecule is CC1=CC(=O)CC(C)(C)C1.O=C1CC(=O)NC(=O)N1. The van der Waals surface area contributed by atoms with Crippen LogP contribution >= 0.6 is 0 Å². The summed E-state index contributed by atoms with van der Waals surface area (Å²) in [6, 6.07) is -0.740. The minimum atomic E-state index is -0.740. The molecule has 4 amide bonds. The molecular formula is C13H18N2O4. The van der Waals surface area contributed by atoms with Crippen LogP contribution in [0, 0.1) is 5.41 Å². The number of nitrogens with one attached hydrogen (secondary N) is 2. The van der Waals surface area contributed by atoms with E-state index in [0.717, 1.165) is 6.42 Å². The van der Waals surface area contributed by atoms with Gasteiger partial charge in [-0.3, -0.25) is 25.0 Å². The maximum atomic E-state index is 11.0. The van der Waals surface area contributed by atoms with E-state index in [-0.39, 0.29) is 17.6 Å². The fraction of sp³-hybridized carbons (Fsp3) is 0.538. The summed E-state index contributed by atoms with van der Waals surface area (Å²) in [4.78, 5) is 41.8. The van der Waals surface area contributed by atoms with Crippen LogP contribution in [0.5, 0.6) is 0 Å². The normalized spacial score (nSPS) is 21.7. The molecular weight excluding hydrogens is 248 g/mol. The number of ketones is 1. The highest BCUT2D eigenvalue weighted by molar-refractivity contribution is 6.14. The zero-order valence-electron chi connectivity index (χ0n) is 11.3. The molecule has 0 atom stereocenters. The molecule has 0 aromatic carbocycles. The van der Waals surface area contributed by atoms with E-state index >= 15 is 0 Å². The number of hydrogen-bond acceptors (Lipinski definition) is 4. The van der Waals surface area contributed by atoms with Crippen molar-refractivity contribution in [2.75, 3.05) is 0 Å². The standard InChI is InChI=1S/C9H14O.C4H4N2O3/c1-7-4-8(10)6-9(2,3)5-7;7-2-1-3(8)6-4(9)5-2/h4H,5-6H2,1-3H3;1H2,(H2,5,6,7,8,9). The first-order valence-corrected chi connectivity index (χ1v) is 6.02. The van der Waals surface area contributed by atoms with Crippen molar-refractivity contribution in [1.82, 2.24) is 10.6 Å². The van der Waals surface area contributed by atoms with Gasteiger partial charge in [0.15, 0.2) is 5.78 Å². The summed E-state index contributed by atoms with van der Waals surface area (Å²) in [6.45, 7) is 6.31. The zero-order chi connectivity index (χ0) is 14.6. The number of carbonyl (C=O) groups is 4. The monoisotopic (exact) mass is 266 g/mol. The lowest BCUT2D eigenvalue weighted by molar-refractivity contribution is -0.129. The average Bonchev–Trinajstić information content (AvgIpc) is 2.10. The van der Waals surface area contributed by atoms with Gasteiger partial charge in [-0.1, -0.05) is 19.4 Å². The summed E-state index contributed by atoms with van der Waals surface area (Å²) in [5, 5.41) is 3.80. The van der Waals surface area contributed by atoms with E-state index in [2.05, 4.69) is 13.8 Å². The maximum absolute atomic E-state index is 11.0. The molecule has 2 rings (SSSR count). The van der Waals surface area contributed by atoms with Gasteiger partial charge in [0.1, 0.15) is 6.42 Å². The lowest BCUT2D eigenvalue weighted by atomic mass is 9.77. The highest BCUT2D eigenvalue weighted by atomic mass is 16.2. The van der Waals surface area contributed by atoms with Crippen molar-refractivity contribution in [2.45, 2.75) is 40.0 Å². The van der Waals surface area contributed by atoms with Gasteiger partial charge in [-0.15, -0.1) is 0 Å². The molecule has 2 aliphatic rings. The molecule has 0 saturated carbocycles. The Morgan fingerprint density at radius 1 is 1.00 bits per heavy atom. The van der Waals surface area contributed by atoms with Gasteiger partial charge < -0.3 is 0 Å². The molecule has 1 saturated heterocycles. The summed E-state index contributed by atoms with van der Waals surface area (Å²) in [5.41, 5.74) is 1.43. The number of urea groups is 1. The highest BCUT2D eigenvalue weighted by Gasteiger charge is 2.25. The third-order valence-electron chi connectivity index (χ3n) is 2.64. The Labute approximate surface area is 111 Å². The third kappa shape index (κ3) is 5.46. The Morgan fingerprint density at radius 3 is 1.89 bits per heavy atom. The lowest BCUT2D eigenvalue weighted by Gasteiger charge is -2.27. The Bertz CT molecular complexity index is 418. The van der Waals surface area contributed by atoms with Gasteiger partial charge in [0.2, 0.25) is 11.8 Å². The smallest absolute Gasteiger partial charge is 0.295 e. The fourth-order valence-electron chi connectivity index (χ4n) is 2.18. The fourth-order valence-corrected chi connectivity index (χ4v) is 2.18. The number of hydrogen-bond donors (Lipinski definition) is 2. The van der Waals surface area contributed by atoms with Crippen molar-refractivity contribution in [1.29, 1.82) is 0 Å². The Morgan fingerprint density at radius 2 is 1.53 bits per heavy atom. The van der Waals surface area contributed by atoms with Gasteiger partial charge >= 0.3 is 6.03 Å². The van der Waals surface area contributed by atoms with E-state index in [4.69, 9.17) is 0 Å². The summed E-state index contributed by atoms with van der Waals surface area (Å²) >= 11 is 0. The Balaban J connectivity index is 0.000000191. The van der Waals surface area contributed by atoms with Gasteiger partial charge in [-0.2, -0.15) is 0 Å². The number of rotatable bonds is 0. The molecule has 6 heteroatoms. The average molecular weight is 266 g/mol. The molecule has 0 spiro atoms. The predicted octanol–water partition coefficient (Wildman–Crippen LogP) is 1.06. The zero-order valence-corrected chi connectivity index (χ0v) is 11.3. The van der Waals surface area contributed by atoms with Crippen LogP contribution in [0.15, 0.2) is 11.6 Å². The topological polar surface area (TPSA) is 92.3 Å². The minimum absolute atomic E-state index is 0.204.